The number of benzene rings is 2. The summed E-state index contributed by atoms with van der Waals surface area (Å²) in [5, 5.41) is 5.60. The van der Waals surface area contributed by atoms with Gasteiger partial charge in [-0.2, -0.15) is 0 Å². The summed E-state index contributed by atoms with van der Waals surface area (Å²) in [4.78, 5) is 29.3. The van der Waals surface area contributed by atoms with Crippen LogP contribution in [0.25, 0.3) is 0 Å². The number of hydrogen-bond acceptors (Lipinski definition) is 3. The molecule has 0 aliphatic heterocycles. The van der Waals surface area contributed by atoms with Crippen LogP contribution in [0, 0.1) is 13.8 Å². The van der Waals surface area contributed by atoms with Crippen LogP contribution in [0.4, 0.5) is 0 Å². The van der Waals surface area contributed by atoms with Crippen LogP contribution in [0.1, 0.15) is 35.6 Å². The van der Waals surface area contributed by atoms with Crippen molar-refractivity contribution >= 4 is 17.8 Å². The summed E-state index contributed by atoms with van der Waals surface area (Å²) in [6, 6.07) is 14.5. The number of rotatable bonds is 10. The molecule has 0 saturated carbocycles. The maximum absolute atomic E-state index is 12.8. The van der Waals surface area contributed by atoms with E-state index < -0.39 is 12.1 Å². The molecule has 0 aromatic heterocycles. The third-order valence-electron chi connectivity index (χ3n) is 5.19. The van der Waals surface area contributed by atoms with Gasteiger partial charge in [-0.15, -0.1) is 0 Å². The molecular formula is C24H33N5O2. The summed E-state index contributed by atoms with van der Waals surface area (Å²) in [6.07, 6.45) is 2.05. The first kappa shape index (κ1) is 23.9. The number of nitrogens with one attached hydrogen (secondary N) is 2. The maximum Gasteiger partial charge on any atom is 0.245 e. The molecule has 166 valence electrons. The summed E-state index contributed by atoms with van der Waals surface area (Å²) >= 11 is 0. The Morgan fingerprint density at radius 3 is 2.23 bits per heavy atom. The number of amides is 2. The number of aryl methyl sites for hydroxylation is 3. The van der Waals surface area contributed by atoms with E-state index in [-0.39, 0.29) is 17.8 Å². The largest absolute Gasteiger partial charge is 0.370 e. The minimum absolute atomic E-state index is 0.163. The van der Waals surface area contributed by atoms with Gasteiger partial charge in [-0.3, -0.25) is 9.59 Å². The Bertz CT molecular complexity index is 887. The Hall–Kier alpha value is -3.35. The Kier molecular flexibility index (Phi) is 9.06. The van der Waals surface area contributed by atoms with E-state index in [1.165, 1.54) is 5.56 Å². The number of aliphatic imine (C=N–C) groups is 1. The van der Waals surface area contributed by atoms with Crippen LogP contribution in [-0.2, 0) is 22.4 Å². The fraction of sp³-hybridized carbons (Fsp3) is 0.375. The highest BCUT2D eigenvalue weighted by atomic mass is 16.2. The number of carbonyl (C=O) groups is 2. The molecule has 2 aromatic rings. The molecule has 0 spiro atoms. The molecule has 7 nitrogen and oxygen atoms in total. The van der Waals surface area contributed by atoms with E-state index in [0.29, 0.717) is 13.0 Å². The summed E-state index contributed by atoms with van der Waals surface area (Å²) in [6.45, 7) is 6.15. The van der Waals surface area contributed by atoms with Gasteiger partial charge >= 0.3 is 0 Å². The topological polar surface area (TPSA) is 123 Å². The van der Waals surface area contributed by atoms with Crippen LogP contribution in [0.15, 0.2) is 53.5 Å². The van der Waals surface area contributed by atoms with E-state index in [4.69, 9.17) is 11.5 Å². The van der Waals surface area contributed by atoms with Gasteiger partial charge in [0.15, 0.2) is 5.96 Å². The summed E-state index contributed by atoms with van der Waals surface area (Å²) in [5.41, 5.74) is 15.5. The van der Waals surface area contributed by atoms with Crippen LogP contribution in [0.2, 0.25) is 0 Å². The summed E-state index contributed by atoms with van der Waals surface area (Å²) in [5.74, 6) is -0.788. The molecule has 0 aliphatic carbocycles. The Labute approximate surface area is 184 Å². The van der Waals surface area contributed by atoms with Crippen LogP contribution in [-0.4, -0.2) is 36.4 Å². The molecule has 6 N–H and O–H groups in total. The fourth-order valence-electron chi connectivity index (χ4n) is 3.42. The van der Waals surface area contributed by atoms with Crippen molar-refractivity contribution in [2.45, 2.75) is 52.1 Å². The second-order valence-electron chi connectivity index (χ2n) is 7.75. The highest BCUT2D eigenvalue weighted by Gasteiger charge is 2.24. The van der Waals surface area contributed by atoms with E-state index >= 15 is 0 Å². The zero-order valence-electron chi connectivity index (χ0n) is 18.5. The SMILES string of the molecule is Cc1cccc(C)c1C[C@H](N=C(N)N)C(=O)N[C@H](C)C(=O)NCCCc1ccccc1. The van der Waals surface area contributed by atoms with Crippen molar-refractivity contribution < 1.29 is 9.59 Å². The van der Waals surface area contributed by atoms with Crippen molar-refractivity contribution in [2.24, 2.45) is 16.5 Å². The van der Waals surface area contributed by atoms with E-state index in [9.17, 15) is 9.59 Å². The first-order chi connectivity index (χ1) is 14.8. The maximum atomic E-state index is 12.8. The summed E-state index contributed by atoms with van der Waals surface area (Å²) in [7, 11) is 0. The zero-order chi connectivity index (χ0) is 22.8. The Morgan fingerprint density at radius 1 is 0.968 bits per heavy atom. The molecule has 2 aromatic carbocycles. The number of nitrogens with two attached hydrogens (primary N) is 2. The predicted molar refractivity (Wildman–Crippen MR) is 125 cm³/mol. The van der Waals surface area contributed by atoms with Crippen molar-refractivity contribution in [2.75, 3.05) is 6.54 Å². The van der Waals surface area contributed by atoms with Crippen LogP contribution in [0.5, 0.6) is 0 Å². The van der Waals surface area contributed by atoms with Gasteiger partial charge in [0, 0.05) is 13.0 Å². The minimum Gasteiger partial charge on any atom is -0.370 e. The van der Waals surface area contributed by atoms with Crippen LogP contribution in [0.3, 0.4) is 0 Å². The molecule has 7 heteroatoms. The van der Waals surface area contributed by atoms with Gasteiger partial charge < -0.3 is 22.1 Å². The van der Waals surface area contributed by atoms with Crippen LogP contribution >= 0.6 is 0 Å². The molecule has 2 amide bonds. The first-order valence-corrected chi connectivity index (χ1v) is 10.5. The van der Waals surface area contributed by atoms with Gasteiger partial charge in [0.2, 0.25) is 11.8 Å². The predicted octanol–water partition coefficient (Wildman–Crippen LogP) is 1.74. The van der Waals surface area contributed by atoms with Gasteiger partial charge in [0.25, 0.3) is 0 Å². The number of nitrogens with zero attached hydrogens (tertiary/aromatic N) is 1. The van der Waals surface area contributed by atoms with Crippen molar-refractivity contribution in [1.82, 2.24) is 10.6 Å². The average molecular weight is 424 g/mol. The second-order valence-corrected chi connectivity index (χ2v) is 7.75. The number of carbonyl (C=O) groups excluding carboxylic acids is 2. The Balaban J connectivity index is 1.91. The molecule has 2 rings (SSSR count). The van der Waals surface area contributed by atoms with Gasteiger partial charge in [-0.25, -0.2) is 4.99 Å². The Morgan fingerprint density at radius 2 is 1.61 bits per heavy atom. The lowest BCUT2D eigenvalue weighted by Crippen LogP contribution is -2.49. The smallest absolute Gasteiger partial charge is 0.245 e. The fourth-order valence-corrected chi connectivity index (χ4v) is 3.42. The summed E-state index contributed by atoms with van der Waals surface area (Å²) < 4.78 is 0. The molecule has 0 heterocycles. The standard InChI is InChI=1S/C24H33N5O2/c1-16-9-7-10-17(2)20(16)15-21(29-24(25)26)23(31)28-18(3)22(30)27-14-8-13-19-11-5-4-6-12-19/h4-7,9-12,18,21H,8,13-15H2,1-3H3,(H,27,30)(H,28,31)(H4,25,26,29)/t18-,21+/m1/s1. The molecule has 0 fully saturated rings. The molecule has 2 atom stereocenters. The normalized spacial score (nSPS) is 12.5. The molecule has 0 unspecified atom stereocenters. The van der Waals surface area contributed by atoms with Crippen molar-refractivity contribution in [1.29, 1.82) is 0 Å². The zero-order valence-corrected chi connectivity index (χ0v) is 18.5. The molecular weight excluding hydrogens is 390 g/mol. The molecule has 0 bridgehead atoms. The van der Waals surface area contributed by atoms with Gasteiger partial charge in [-0.1, -0.05) is 48.5 Å². The molecule has 0 radical (unpaired) electrons. The van der Waals surface area contributed by atoms with E-state index in [1.54, 1.807) is 6.92 Å². The lowest BCUT2D eigenvalue weighted by Gasteiger charge is -2.19. The van der Waals surface area contributed by atoms with E-state index in [2.05, 4.69) is 27.8 Å². The lowest BCUT2D eigenvalue weighted by atomic mass is 9.96. The molecule has 0 saturated heterocycles. The van der Waals surface area contributed by atoms with Crippen molar-refractivity contribution in [3.05, 3.63) is 70.8 Å². The molecule has 31 heavy (non-hydrogen) atoms. The number of hydrogen-bond donors (Lipinski definition) is 4. The molecule has 0 aliphatic rings. The van der Waals surface area contributed by atoms with E-state index in [1.807, 2.05) is 50.2 Å². The minimum atomic E-state index is -0.807. The highest BCUT2D eigenvalue weighted by Crippen LogP contribution is 2.17. The quantitative estimate of drug-likeness (QED) is 0.264. The first-order valence-electron chi connectivity index (χ1n) is 10.5. The van der Waals surface area contributed by atoms with Gasteiger partial charge in [0.1, 0.15) is 12.1 Å². The third kappa shape index (κ3) is 7.77. The second kappa shape index (κ2) is 11.7. The van der Waals surface area contributed by atoms with Crippen molar-refractivity contribution in [3.63, 3.8) is 0 Å². The van der Waals surface area contributed by atoms with Crippen molar-refractivity contribution in [3.8, 4) is 0 Å². The monoisotopic (exact) mass is 423 g/mol. The third-order valence-corrected chi connectivity index (χ3v) is 5.19. The number of guanidine groups is 1. The van der Waals surface area contributed by atoms with Crippen LogP contribution < -0.4 is 22.1 Å². The highest BCUT2D eigenvalue weighted by molar-refractivity contribution is 5.91. The average Bonchev–Trinajstić information content (AvgIpc) is 2.73. The van der Waals surface area contributed by atoms with E-state index in [0.717, 1.165) is 29.5 Å². The lowest BCUT2D eigenvalue weighted by molar-refractivity contribution is -0.129. The van der Waals surface area contributed by atoms with Gasteiger partial charge in [-0.05, 0) is 55.9 Å². The van der Waals surface area contributed by atoms with Gasteiger partial charge in [0.05, 0.1) is 0 Å².